The van der Waals surface area contributed by atoms with E-state index in [1.807, 2.05) is 38.1 Å². The van der Waals surface area contributed by atoms with Crippen LogP contribution in [0.4, 0.5) is 0 Å². The third kappa shape index (κ3) is 3.04. The quantitative estimate of drug-likeness (QED) is 0.918. The number of carbonyl (C=O) groups is 1. The van der Waals surface area contributed by atoms with Crippen LogP contribution in [-0.2, 0) is 0 Å². The maximum atomic E-state index is 12.7. The smallest absolute Gasteiger partial charge is 0.261 e. The summed E-state index contributed by atoms with van der Waals surface area (Å²) in [7, 11) is 0. The Hall–Kier alpha value is -2.07. The summed E-state index contributed by atoms with van der Waals surface area (Å²) < 4.78 is 0. The first-order chi connectivity index (χ1) is 11.0. The van der Waals surface area contributed by atoms with Gasteiger partial charge in [-0.05, 0) is 43.5 Å². The lowest BCUT2D eigenvalue weighted by molar-refractivity contribution is 0.0789. The van der Waals surface area contributed by atoms with E-state index >= 15 is 0 Å². The summed E-state index contributed by atoms with van der Waals surface area (Å²) in [6, 6.07) is 9.41. The fourth-order valence-corrected chi connectivity index (χ4v) is 3.35. The molecule has 1 amide bonds. The van der Waals surface area contributed by atoms with E-state index in [4.69, 9.17) is 11.6 Å². The molecule has 1 aromatic heterocycles. The lowest BCUT2D eigenvalue weighted by Gasteiger charge is -2.17. The van der Waals surface area contributed by atoms with Crippen molar-refractivity contribution in [2.24, 2.45) is 0 Å². The maximum absolute atomic E-state index is 12.7. The van der Waals surface area contributed by atoms with Gasteiger partial charge >= 0.3 is 0 Å². The van der Waals surface area contributed by atoms with Crippen LogP contribution in [0.5, 0.6) is 0 Å². The number of nitrogens with one attached hydrogen (secondary N) is 1. The standard InChI is InChI=1S/C18H19ClN2O2/c1-11-9-15(17(22)20-12(11)2)18(23)21-8-7-13(10-21)14-5-3-4-6-16(14)19/h3-6,9,13H,7-8,10H2,1-2H3,(H,20,22)/t13-/m0/s1. The number of aromatic amines is 1. The van der Waals surface area contributed by atoms with Crippen LogP contribution >= 0.6 is 11.6 Å². The second kappa shape index (κ2) is 6.20. The maximum Gasteiger partial charge on any atom is 0.261 e. The van der Waals surface area contributed by atoms with Crippen molar-refractivity contribution in [2.75, 3.05) is 13.1 Å². The SMILES string of the molecule is Cc1cc(C(=O)N2CC[C@H](c3ccccc3Cl)C2)c(=O)[nH]c1C. The highest BCUT2D eigenvalue weighted by molar-refractivity contribution is 6.31. The van der Waals surface area contributed by atoms with Crippen LogP contribution in [0.1, 0.15) is 39.5 Å². The van der Waals surface area contributed by atoms with Gasteiger partial charge in [0.25, 0.3) is 11.5 Å². The van der Waals surface area contributed by atoms with Gasteiger partial charge in [0.2, 0.25) is 0 Å². The van der Waals surface area contributed by atoms with Crippen molar-refractivity contribution >= 4 is 17.5 Å². The first kappa shape index (κ1) is 15.8. The Morgan fingerprint density at radius 1 is 1.30 bits per heavy atom. The highest BCUT2D eigenvalue weighted by Gasteiger charge is 2.30. The Labute approximate surface area is 140 Å². The summed E-state index contributed by atoms with van der Waals surface area (Å²) in [4.78, 5) is 29.2. The van der Waals surface area contributed by atoms with Crippen molar-refractivity contribution in [2.45, 2.75) is 26.2 Å². The van der Waals surface area contributed by atoms with E-state index in [2.05, 4.69) is 4.98 Å². The van der Waals surface area contributed by atoms with Crippen LogP contribution < -0.4 is 5.56 Å². The number of nitrogens with zero attached hydrogens (tertiary/aromatic N) is 1. The molecule has 1 atom stereocenters. The molecule has 1 saturated heterocycles. The third-order valence-electron chi connectivity index (χ3n) is 4.55. The molecule has 1 aliphatic heterocycles. The molecule has 4 nitrogen and oxygen atoms in total. The Morgan fingerprint density at radius 3 is 2.78 bits per heavy atom. The van der Waals surface area contributed by atoms with Gasteiger partial charge in [0.15, 0.2) is 0 Å². The average Bonchev–Trinajstić information content (AvgIpc) is 3.00. The molecule has 23 heavy (non-hydrogen) atoms. The summed E-state index contributed by atoms with van der Waals surface area (Å²) in [6.45, 7) is 4.95. The molecule has 0 radical (unpaired) electrons. The van der Waals surface area contributed by atoms with Crippen LogP contribution in [0.25, 0.3) is 0 Å². The van der Waals surface area contributed by atoms with Crippen molar-refractivity contribution in [1.82, 2.24) is 9.88 Å². The van der Waals surface area contributed by atoms with E-state index in [-0.39, 0.29) is 22.9 Å². The fraction of sp³-hybridized carbons (Fsp3) is 0.333. The molecule has 1 N–H and O–H groups in total. The first-order valence-corrected chi connectivity index (χ1v) is 8.09. The number of aromatic nitrogens is 1. The molecule has 1 fully saturated rings. The van der Waals surface area contributed by atoms with E-state index in [1.54, 1.807) is 11.0 Å². The van der Waals surface area contributed by atoms with Crippen molar-refractivity contribution in [3.63, 3.8) is 0 Å². The molecule has 5 heteroatoms. The van der Waals surface area contributed by atoms with E-state index in [0.717, 1.165) is 28.3 Å². The number of halogens is 1. The summed E-state index contributed by atoms with van der Waals surface area (Å²) in [5, 5.41) is 0.732. The van der Waals surface area contributed by atoms with E-state index in [0.29, 0.717) is 13.1 Å². The largest absolute Gasteiger partial charge is 0.338 e. The minimum atomic E-state index is -0.320. The summed E-state index contributed by atoms with van der Waals surface area (Å²) in [5.41, 5.74) is 2.67. The lowest BCUT2D eigenvalue weighted by Crippen LogP contribution is -2.33. The van der Waals surface area contributed by atoms with Gasteiger partial charge in [-0.25, -0.2) is 0 Å². The minimum Gasteiger partial charge on any atom is -0.338 e. The van der Waals surface area contributed by atoms with Crippen LogP contribution in [0.3, 0.4) is 0 Å². The van der Waals surface area contributed by atoms with Gasteiger partial charge in [-0.1, -0.05) is 29.8 Å². The molecule has 0 aliphatic carbocycles. The van der Waals surface area contributed by atoms with Gasteiger partial charge in [-0.15, -0.1) is 0 Å². The van der Waals surface area contributed by atoms with Gasteiger partial charge < -0.3 is 9.88 Å². The molecule has 0 saturated carbocycles. The number of hydrogen-bond acceptors (Lipinski definition) is 2. The zero-order chi connectivity index (χ0) is 16.6. The lowest BCUT2D eigenvalue weighted by atomic mass is 9.98. The number of pyridine rings is 1. The number of carbonyl (C=O) groups excluding carboxylic acids is 1. The normalized spacial score (nSPS) is 17.5. The monoisotopic (exact) mass is 330 g/mol. The topological polar surface area (TPSA) is 53.2 Å². The Morgan fingerprint density at radius 2 is 2.04 bits per heavy atom. The predicted molar refractivity (Wildman–Crippen MR) is 91.3 cm³/mol. The zero-order valence-corrected chi connectivity index (χ0v) is 14.0. The molecule has 3 rings (SSSR count). The van der Waals surface area contributed by atoms with Crippen LogP contribution in [0, 0.1) is 13.8 Å². The molecule has 120 valence electrons. The average molecular weight is 331 g/mol. The molecule has 0 spiro atoms. The van der Waals surface area contributed by atoms with Crippen LogP contribution in [0.2, 0.25) is 5.02 Å². The van der Waals surface area contributed by atoms with Gasteiger partial charge in [0.05, 0.1) is 0 Å². The Bertz CT molecular complexity index is 813. The number of benzene rings is 1. The predicted octanol–water partition coefficient (Wildman–Crippen LogP) is 3.27. The van der Waals surface area contributed by atoms with Crippen molar-refractivity contribution in [3.05, 3.63) is 68.1 Å². The number of likely N-dealkylation sites (tertiary alicyclic amines) is 1. The zero-order valence-electron chi connectivity index (χ0n) is 13.2. The van der Waals surface area contributed by atoms with Crippen molar-refractivity contribution < 1.29 is 4.79 Å². The van der Waals surface area contributed by atoms with Gasteiger partial charge in [-0.3, -0.25) is 9.59 Å². The molecule has 2 heterocycles. The molecule has 1 aromatic carbocycles. The number of hydrogen-bond donors (Lipinski definition) is 1. The molecule has 1 aliphatic rings. The van der Waals surface area contributed by atoms with Crippen molar-refractivity contribution in [1.29, 1.82) is 0 Å². The highest BCUT2D eigenvalue weighted by Crippen LogP contribution is 2.32. The molecule has 0 bridgehead atoms. The van der Waals surface area contributed by atoms with Gasteiger partial charge in [-0.2, -0.15) is 0 Å². The van der Waals surface area contributed by atoms with Gasteiger partial charge in [0.1, 0.15) is 5.56 Å². The second-order valence-corrected chi connectivity index (χ2v) is 6.49. The van der Waals surface area contributed by atoms with E-state index < -0.39 is 0 Å². The minimum absolute atomic E-state index is 0.205. The number of aryl methyl sites for hydroxylation is 2. The third-order valence-corrected chi connectivity index (χ3v) is 4.89. The Kier molecular flexibility index (Phi) is 4.26. The first-order valence-electron chi connectivity index (χ1n) is 7.71. The summed E-state index contributed by atoms with van der Waals surface area (Å²) in [5.74, 6) is 0.0159. The molecular weight excluding hydrogens is 312 g/mol. The van der Waals surface area contributed by atoms with E-state index in [9.17, 15) is 9.59 Å². The highest BCUT2D eigenvalue weighted by atomic mass is 35.5. The van der Waals surface area contributed by atoms with Gasteiger partial charge in [0, 0.05) is 29.7 Å². The van der Waals surface area contributed by atoms with Crippen LogP contribution in [-0.4, -0.2) is 28.9 Å². The Balaban J connectivity index is 1.82. The van der Waals surface area contributed by atoms with Crippen molar-refractivity contribution in [3.8, 4) is 0 Å². The number of rotatable bonds is 2. The summed E-state index contributed by atoms with van der Waals surface area (Å²) in [6.07, 6.45) is 0.859. The number of H-pyrrole nitrogens is 1. The second-order valence-electron chi connectivity index (χ2n) is 6.08. The van der Waals surface area contributed by atoms with E-state index in [1.165, 1.54) is 0 Å². The molecular formula is C18H19ClN2O2. The fourth-order valence-electron chi connectivity index (χ4n) is 3.06. The molecule has 2 aromatic rings. The van der Waals surface area contributed by atoms with Crippen LogP contribution in [0.15, 0.2) is 35.1 Å². The molecule has 0 unspecified atom stereocenters. The number of amides is 1. The summed E-state index contributed by atoms with van der Waals surface area (Å²) >= 11 is 6.25.